The predicted octanol–water partition coefficient (Wildman–Crippen LogP) is 3.62. The first-order valence-electron chi connectivity index (χ1n) is 11.1. The number of carbonyl (C=O) groups is 1. The van der Waals surface area contributed by atoms with Crippen LogP contribution in [0.5, 0.6) is 0 Å². The molecule has 2 aromatic rings. The van der Waals surface area contributed by atoms with Crippen molar-refractivity contribution in [3.8, 4) is 0 Å². The van der Waals surface area contributed by atoms with Gasteiger partial charge in [0.25, 0.3) is 5.91 Å². The molecule has 2 fully saturated rings. The fourth-order valence-electron chi connectivity index (χ4n) is 4.18. The minimum atomic E-state index is -3.79. The van der Waals surface area contributed by atoms with Crippen LogP contribution in [-0.4, -0.2) is 58.0 Å². The summed E-state index contributed by atoms with van der Waals surface area (Å²) in [4.78, 5) is 15.0. The van der Waals surface area contributed by atoms with Crippen molar-refractivity contribution in [2.45, 2.75) is 30.6 Å². The molecule has 2 aliphatic heterocycles. The van der Waals surface area contributed by atoms with E-state index in [0.29, 0.717) is 30.7 Å². The van der Waals surface area contributed by atoms with E-state index in [4.69, 9.17) is 4.74 Å². The highest BCUT2D eigenvalue weighted by atomic mass is 32.2. The number of benzene rings is 2. The van der Waals surface area contributed by atoms with Crippen molar-refractivity contribution in [2.75, 3.05) is 49.6 Å². The van der Waals surface area contributed by atoms with Crippen molar-refractivity contribution in [3.63, 3.8) is 0 Å². The topological polar surface area (TPSA) is 79.0 Å². The zero-order valence-electron chi connectivity index (χ0n) is 18.2. The van der Waals surface area contributed by atoms with Gasteiger partial charge in [0.05, 0.1) is 29.5 Å². The lowest BCUT2D eigenvalue weighted by molar-refractivity contribution is 0.0730. The number of rotatable bonds is 5. The molecular formula is C23H27F2N3O4S. The van der Waals surface area contributed by atoms with Crippen LogP contribution in [0, 0.1) is 11.6 Å². The quantitative estimate of drug-likeness (QED) is 0.709. The van der Waals surface area contributed by atoms with Gasteiger partial charge in [0.15, 0.2) is 0 Å². The van der Waals surface area contributed by atoms with E-state index >= 15 is 0 Å². The third-order valence-electron chi connectivity index (χ3n) is 5.90. The Labute approximate surface area is 192 Å². The highest BCUT2D eigenvalue weighted by Crippen LogP contribution is 2.32. The van der Waals surface area contributed by atoms with Crippen LogP contribution in [0.2, 0.25) is 0 Å². The molecule has 2 heterocycles. The SMILES string of the molecule is O=C(Nc1cc(S(=O)(=O)N2CCOCC2)ccc1N1CCCCCC1)c1cc(F)cc(F)c1. The number of anilines is 2. The van der Waals surface area contributed by atoms with Crippen molar-refractivity contribution in [2.24, 2.45) is 0 Å². The number of ether oxygens (including phenoxy) is 1. The Morgan fingerprint density at radius 2 is 1.52 bits per heavy atom. The first kappa shape index (κ1) is 23.6. The molecule has 0 aliphatic carbocycles. The van der Waals surface area contributed by atoms with Gasteiger partial charge in [0.2, 0.25) is 10.0 Å². The van der Waals surface area contributed by atoms with Crippen LogP contribution in [-0.2, 0) is 14.8 Å². The minimum Gasteiger partial charge on any atom is -0.379 e. The third kappa shape index (κ3) is 5.51. The van der Waals surface area contributed by atoms with Crippen LogP contribution in [0.3, 0.4) is 0 Å². The number of nitrogens with zero attached hydrogens (tertiary/aromatic N) is 2. The van der Waals surface area contributed by atoms with Crippen molar-refractivity contribution in [3.05, 3.63) is 53.6 Å². The summed E-state index contributed by atoms with van der Waals surface area (Å²) in [6, 6.07) is 7.24. The van der Waals surface area contributed by atoms with Crippen LogP contribution in [0.4, 0.5) is 20.2 Å². The van der Waals surface area contributed by atoms with Gasteiger partial charge in [-0.05, 0) is 43.2 Å². The fraction of sp³-hybridized carbons (Fsp3) is 0.435. The van der Waals surface area contributed by atoms with Crippen molar-refractivity contribution in [1.82, 2.24) is 4.31 Å². The molecule has 0 atom stereocenters. The number of nitrogens with one attached hydrogen (secondary N) is 1. The molecule has 10 heteroatoms. The smallest absolute Gasteiger partial charge is 0.255 e. The van der Waals surface area contributed by atoms with Gasteiger partial charge in [-0.1, -0.05) is 12.8 Å². The minimum absolute atomic E-state index is 0.0451. The average molecular weight is 480 g/mol. The van der Waals surface area contributed by atoms with E-state index < -0.39 is 27.6 Å². The van der Waals surface area contributed by atoms with Crippen molar-refractivity contribution < 1.29 is 26.7 Å². The van der Waals surface area contributed by atoms with Crippen LogP contribution < -0.4 is 10.2 Å². The highest BCUT2D eigenvalue weighted by Gasteiger charge is 2.28. The largest absolute Gasteiger partial charge is 0.379 e. The van der Waals surface area contributed by atoms with Crippen LogP contribution in [0.1, 0.15) is 36.0 Å². The zero-order chi connectivity index (χ0) is 23.4. The van der Waals surface area contributed by atoms with Crippen LogP contribution >= 0.6 is 0 Å². The molecule has 4 rings (SSSR count). The summed E-state index contributed by atoms with van der Waals surface area (Å²) in [5, 5.41) is 2.69. The Balaban J connectivity index is 1.70. The van der Waals surface area contributed by atoms with E-state index in [-0.39, 0.29) is 23.5 Å². The van der Waals surface area contributed by atoms with Crippen LogP contribution in [0.15, 0.2) is 41.3 Å². The third-order valence-corrected chi connectivity index (χ3v) is 7.79. The first-order chi connectivity index (χ1) is 15.8. The molecule has 1 N–H and O–H groups in total. The Morgan fingerprint density at radius 3 is 2.15 bits per heavy atom. The van der Waals surface area contributed by atoms with Gasteiger partial charge in [-0.25, -0.2) is 17.2 Å². The van der Waals surface area contributed by atoms with Gasteiger partial charge >= 0.3 is 0 Å². The Hall–Kier alpha value is -2.56. The lowest BCUT2D eigenvalue weighted by Crippen LogP contribution is -2.40. The summed E-state index contributed by atoms with van der Waals surface area (Å²) < 4.78 is 60.2. The van der Waals surface area contributed by atoms with Crippen LogP contribution in [0.25, 0.3) is 0 Å². The van der Waals surface area contributed by atoms with E-state index in [1.807, 2.05) is 0 Å². The molecule has 0 spiro atoms. The number of sulfonamides is 1. The van der Waals surface area contributed by atoms with Gasteiger partial charge in [0.1, 0.15) is 11.6 Å². The maximum absolute atomic E-state index is 13.6. The average Bonchev–Trinajstić information content (AvgIpc) is 3.08. The molecule has 0 saturated carbocycles. The van der Waals surface area contributed by atoms with E-state index in [1.165, 1.54) is 10.4 Å². The zero-order valence-corrected chi connectivity index (χ0v) is 19.0. The van der Waals surface area contributed by atoms with Gasteiger partial charge in [-0.3, -0.25) is 4.79 Å². The second kappa shape index (κ2) is 10.1. The molecule has 178 valence electrons. The molecule has 1 amide bonds. The summed E-state index contributed by atoms with van der Waals surface area (Å²) in [5.41, 5.74) is 0.791. The molecule has 0 aromatic heterocycles. The Bertz CT molecular complexity index is 1090. The molecule has 0 radical (unpaired) electrons. The van der Waals surface area contributed by atoms with Gasteiger partial charge in [0, 0.05) is 37.8 Å². The summed E-state index contributed by atoms with van der Waals surface area (Å²) in [6.45, 7) is 2.68. The van der Waals surface area contributed by atoms with E-state index in [0.717, 1.165) is 50.9 Å². The second-order valence-corrected chi connectivity index (χ2v) is 10.1. The maximum Gasteiger partial charge on any atom is 0.255 e. The second-order valence-electron chi connectivity index (χ2n) is 8.21. The van der Waals surface area contributed by atoms with Gasteiger partial charge in [-0.2, -0.15) is 4.31 Å². The Morgan fingerprint density at radius 1 is 0.879 bits per heavy atom. The number of halogens is 2. The van der Waals surface area contributed by atoms with E-state index in [1.54, 1.807) is 12.1 Å². The molecule has 33 heavy (non-hydrogen) atoms. The Kier molecular flexibility index (Phi) is 7.26. The molecular weight excluding hydrogens is 452 g/mol. The first-order valence-corrected chi connectivity index (χ1v) is 12.5. The molecule has 2 saturated heterocycles. The van der Waals surface area contributed by atoms with E-state index in [2.05, 4.69) is 10.2 Å². The molecule has 2 aliphatic rings. The monoisotopic (exact) mass is 479 g/mol. The molecule has 2 aromatic carbocycles. The fourth-order valence-corrected chi connectivity index (χ4v) is 5.61. The number of amides is 1. The highest BCUT2D eigenvalue weighted by molar-refractivity contribution is 7.89. The number of hydrogen-bond acceptors (Lipinski definition) is 5. The predicted molar refractivity (Wildman–Crippen MR) is 121 cm³/mol. The van der Waals surface area contributed by atoms with Crippen molar-refractivity contribution >= 4 is 27.3 Å². The summed E-state index contributed by atoms with van der Waals surface area (Å²) in [7, 11) is -3.79. The lowest BCUT2D eigenvalue weighted by atomic mass is 10.1. The number of hydrogen-bond donors (Lipinski definition) is 1. The van der Waals surface area contributed by atoms with Gasteiger partial charge < -0.3 is 15.0 Å². The summed E-state index contributed by atoms with van der Waals surface area (Å²) in [6.07, 6.45) is 4.17. The summed E-state index contributed by atoms with van der Waals surface area (Å²) >= 11 is 0. The molecule has 0 bridgehead atoms. The summed E-state index contributed by atoms with van der Waals surface area (Å²) in [5.74, 6) is -2.45. The maximum atomic E-state index is 13.6. The van der Waals surface area contributed by atoms with Gasteiger partial charge in [-0.15, -0.1) is 0 Å². The lowest BCUT2D eigenvalue weighted by Gasteiger charge is -2.28. The number of carbonyl (C=O) groups excluding carboxylic acids is 1. The normalized spacial score (nSPS) is 18.1. The molecule has 0 unspecified atom stereocenters. The molecule has 7 nitrogen and oxygen atoms in total. The van der Waals surface area contributed by atoms with E-state index in [9.17, 15) is 22.0 Å². The van der Waals surface area contributed by atoms with Crippen molar-refractivity contribution in [1.29, 1.82) is 0 Å². The number of morpholine rings is 1. The standard InChI is InChI=1S/C23H27F2N3O4S/c24-18-13-17(14-19(25)15-18)23(29)26-21-16-20(33(30,31)28-9-11-32-12-10-28)5-6-22(21)27-7-3-1-2-4-8-27/h5-6,13-16H,1-4,7-12H2,(H,26,29).